The number of hydrogen-bond donors (Lipinski definition) is 2. The molecule has 8 nitrogen and oxygen atoms in total. The van der Waals surface area contributed by atoms with Crippen molar-refractivity contribution in [1.29, 1.82) is 0 Å². The van der Waals surface area contributed by atoms with Crippen LogP contribution in [0.15, 0.2) is 30.7 Å². The molecule has 3 atom stereocenters. The fourth-order valence-corrected chi connectivity index (χ4v) is 3.86. The lowest BCUT2D eigenvalue weighted by Gasteiger charge is -2.21. The van der Waals surface area contributed by atoms with Crippen molar-refractivity contribution in [3.05, 3.63) is 47.7 Å². The fraction of sp³-hybridized carbons (Fsp3) is 0.368. The minimum absolute atomic E-state index is 0.00183. The minimum atomic E-state index is -0.421. The third-order valence-corrected chi connectivity index (χ3v) is 5.29. The Balaban J connectivity index is 1.61. The summed E-state index contributed by atoms with van der Waals surface area (Å²) in [6.45, 7) is 1.89. The van der Waals surface area contributed by atoms with Crippen LogP contribution in [0.2, 0.25) is 0 Å². The van der Waals surface area contributed by atoms with Crippen LogP contribution in [0, 0.1) is 5.82 Å². The average molecular weight is 382 g/mol. The van der Waals surface area contributed by atoms with Gasteiger partial charge in [0.1, 0.15) is 23.3 Å². The van der Waals surface area contributed by atoms with Crippen LogP contribution < -0.4 is 15.4 Å². The van der Waals surface area contributed by atoms with Gasteiger partial charge in [0.15, 0.2) is 5.65 Å². The molecule has 2 unspecified atom stereocenters. The van der Waals surface area contributed by atoms with E-state index in [4.69, 9.17) is 4.74 Å². The molecule has 4 bridgehead atoms. The number of carbonyl (C=O) groups is 1. The lowest BCUT2D eigenvalue weighted by molar-refractivity contribution is 0.0936. The van der Waals surface area contributed by atoms with Crippen LogP contribution in [0.3, 0.4) is 0 Å². The van der Waals surface area contributed by atoms with Crippen LogP contribution >= 0.6 is 0 Å². The van der Waals surface area contributed by atoms with Crippen molar-refractivity contribution in [3.8, 4) is 5.88 Å². The summed E-state index contributed by atoms with van der Waals surface area (Å²) in [4.78, 5) is 21.4. The molecule has 0 aromatic carbocycles. The largest absolute Gasteiger partial charge is 0.474 e. The van der Waals surface area contributed by atoms with E-state index in [1.54, 1.807) is 16.8 Å². The Bertz CT molecular complexity index is 1070. The molecule has 4 heterocycles. The van der Waals surface area contributed by atoms with E-state index in [2.05, 4.69) is 25.7 Å². The van der Waals surface area contributed by atoms with Crippen molar-refractivity contribution in [2.45, 2.75) is 44.4 Å². The average Bonchev–Trinajstić information content (AvgIpc) is 3.29. The molecule has 28 heavy (non-hydrogen) atoms. The number of ether oxygens (including phenoxy) is 1. The highest BCUT2D eigenvalue weighted by Gasteiger charge is 2.30. The Morgan fingerprint density at radius 1 is 1.29 bits per heavy atom. The van der Waals surface area contributed by atoms with Gasteiger partial charge in [-0.1, -0.05) is 0 Å². The number of halogens is 1. The summed E-state index contributed by atoms with van der Waals surface area (Å²) in [6, 6.07) is 2.88. The molecule has 144 valence electrons. The second-order valence-electron chi connectivity index (χ2n) is 7.28. The summed E-state index contributed by atoms with van der Waals surface area (Å²) in [5, 5.41) is 10.5. The smallest absolute Gasteiger partial charge is 0.256 e. The van der Waals surface area contributed by atoms with E-state index in [0.29, 0.717) is 34.9 Å². The van der Waals surface area contributed by atoms with Crippen molar-refractivity contribution in [3.63, 3.8) is 0 Å². The van der Waals surface area contributed by atoms with E-state index in [-0.39, 0.29) is 24.1 Å². The summed E-state index contributed by atoms with van der Waals surface area (Å²) in [5.41, 5.74) is 1.51. The summed E-state index contributed by atoms with van der Waals surface area (Å²) in [5.74, 6) is 0.331. The predicted octanol–water partition coefficient (Wildman–Crippen LogP) is 2.48. The van der Waals surface area contributed by atoms with Gasteiger partial charge in [0.25, 0.3) is 5.91 Å². The van der Waals surface area contributed by atoms with E-state index < -0.39 is 5.82 Å². The van der Waals surface area contributed by atoms with Gasteiger partial charge in [-0.05, 0) is 31.9 Å². The summed E-state index contributed by atoms with van der Waals surface area (Å²) in [7, 11) is 0. The minimum Gasteiger partial charge on any atom is -0.474 e. The maximum Gasteiger partial charge on any atom is 0.256 e. The number of rotatable bonds is 0. The monoisotopic (exact) mass is 382 g/mol. The third-order valence-electron chi connectivity index (χ3n) is 5.29. The Hall–Kier alpha value is -3.23. The SMILES string of the molecule is C[C@H]1Nc2ccn3ncc(c3n2)C(=O)NC2CCC(C2)Oc2ncc(F)cc21. The van der Waals surface area contributed by atoms with Crippen molar-refractivity contribution in [2.75, 3.05) is 5.32 Å². The first kappa shape index (κ1) is 16.9. The standard InChI is InChI=1S/C19H19FN6O2/c1-10-14-6-11(20)8-21-19(14)28-13-3-2-12(7-13)24-18(27)15-9-22-26-5-4-16(23-10)25-17(15)26/h4-6,8-10,12-13H,2-3,7H2,1H3,(H,23,25)(H,24,27)/t10-,12?,13?/m1/s1. The highest BCUT2D eigenvalue weighted by molar-refractivity contribution is 5.99. The molecule has 0 radical (unpaired) electrons. The van der Waals surface area contributed by atoms with Gasteiger partial charge in [0.2, 0.25) is 5.88 Å². The number of nitrogens with zero attached hydrogens (tertiary/aromatic N) is 4. The van der Waals surface area contributed by atoms with Gasteiger partial charge in [0, 0.05) is 24.2 Å². The first-order valence-electron chi connectivity index (χ1n) is 9.31. The summed E-state index contributed by atoms with van der Waals surface area (Å²) >= 11 is 0. The molecule has 5 rings (SSSR count). The van der Waals surface area contributed by atoms with Gasteiger partial charge in [-0.25, -0.2) is 18.9 Å². The van der Waals surface area contributed by atoms with Crippen molar-refractivity contribution in [2.24, 2.45) is 0 Å². The molecule has 1 saturated carbocycles. The Morgan fingerprint density at radius 2 is 2.18 bits per heavy atom. The quantitative estimate of drug-likeness (QED) is 0.620. The maximum absolute atomic E-state index is 13.9. The molecule has 1 aliphatic heterocycles. The Kier molecular flexibility index (Phi) is 3.88. The van der Waals surface area contributed by atoms with Gasteiger partial charge in [-0.3, -0.25) is 4.79 Å². The highest BCUT2D eigenvalue weighted by atomic mass is 19.1. The van der Waals surface area contributed by atoms with Crippen LogP contribution in [-0.2, 0) is 0 Å². The van der Waals surface area contributed by atoms with Crippen LogP contribution in [-0.4, -0.2) is 37.6 Å². The molecule has 1 fully saturated rings. The van der Waals surface area contributed by atoms with Crippen molar-refractivity contribution >= 4 is 17.4 Å². The highest BCUT2D eigenvalue weighted by Crippen LogP contribution is 2.31. The number of hydrogen-bond acceptors (Lipinski definition) is 6. The molecular formula is C19H19FN6O2. The van der Waals surface area contributed by atoms with E-state index in [0.717, 1.165) is 19.0 Å². The zero-order valence-corrected chi connectivity index (χ0v) is 15.2. The second-order valence-corrected chi connectivity index (χ2v) is 7.28. The van der Waals surface area contributed by atoms with Crippen LogP contribution in [0.4, 0.5) is 10.2 Å². The van der Waals surface area contributed by atoms with Gasteiger partial charge in [0.05, 0.1) is 18.4 Å². The van der Waals surface area contributed by atoms with Gasteiger partial charge < -0.3 is 15.4 Å². The van der Waals surface area contributed by atoms with E-state index in [1.165, 1.54) is 12.3 Å². The number of amides is 1. The van der Waals surface area contributed by atoms with Crippen LogP contribution in [0.1, 0.15) is 48.1 Å². The van der Waals surface area contributed by atoms with Gasteiger partial charge in [-0.15, -0.1) is 0 Å². The Labute approximate surface area is 160 Å². The summed E-state index contributed by atoms with van der Waals surface area (Å²) < 4.78 is 21.5. The Morgan fingerprint density at radius 3 is 3.07 bits per heavy atom. The van der Waals surface area contributed by atoms with E-state index in [1.807, 2.05) is 6.92 Å². The molecule has 3 aromatic heterocycles. The van der Waals surface area contributed by atoms with Crippen LogP contribution in [0.25, 0.3) is 5.65 Å². The molecule has 1 amide bonds. The zero-order valence-electron chi connectivity index (χ0n) is 15.2. The number of fused-ring (bicyclic) bond motifs is 4. The van der Waals surface area contributed by atoms with Crippen molar-refractivity contribution in [1.82, 2.24) is 24.9 Å². The van der Waals surface area contributed by atoms with Gasteiger partial charge >= 0.3 is 0 Å². The zero-order chi connectivity index (χ0) is 19.3. The number of anilines is 1. The lowest BCUT2D eigenvalue weighted by Crippen LogP contribution is -2.33. The third kappa shape index (κ3) is 2.92. The molecule has 3 aromatic rings. The molecule has 0 spiro atoms. The number of aromatic nitrogens is 4. The number of pyridine rings is 1. The van der Waals surface area contributed by atoms with E-state index >= 15 is 0 Å². The molecular weight excluding hydrogens is 363 g/mol. The fourth-order valence-electron chi connectivity index (χ4n) is 3.86. The molecule has 2 N–H and O–H groups in total. The molecule has 0 saturated heterocycles. The number of nitrogens with one attached hydrogen (secondary N) is 2. The second kappa shape index (κ2) is 6.43. The normalized spacial score (nSPS) is 24.2. The molecule has 2 aliphatic rings. The lowest BCUT2D eigenvalue weighted by atomic mass is 10.1. The first-order valence-corrected chi connectivity index (χ1v) is 9.31. The van der Waals surface area contributed by atoms with E-state index in [9.17, 15) is 9.18 Å². The predicted molar refractivity (Wildman–Crippen MR) is 98.7 cm³/mol. The summed E-state index contributed by atoms with van der Waals surface area (Å²) in [6.07, 6.45) is 6.59. The maximum atomic E-state index is 13.9. The first-order chi connectivity index (χ1) is 13.6. The topological polar surface area (TPSA) is 93.4 Å². The van der Waals surface area contributed by atoms with Crippen LogP contribution in [0.5, 0.6) is 5.88 Å². The molecule has 1 aliphatic carbocycles. The molecule has 9 heteroatoms. The van der Waals surface area contributed by atoms with Gasteiger partial charge in [-0.2, -0.15) is 5.10 Å². The van der Waals surface area contributed by atoms with Crippen molar-refractivity contribution < 1.29 is 13.9 Å². The number of carbonyl (C=O) groups excluding carboxylic acids is 1.